The minimum atomic E-state index is -0.283. The third kappa shape index (κ3) is 2.75. The van der Waals surface area contributed by atoms with Crippen molar-refractivity contribution in [3.05, 3.63) is 29.9 Å². The van der Waals surface area contributed by atoms with Crippen molar-refractivity contribution in [1.82, 2.24) is 9.88 Å². The molecule has 0 aliphatic carbocycles. The molecule has 1 aromatic carbocycles. The Bertz CT molecular complexity index is 654. The van der Waals surface area contributed by atoms with Crippen molar-refractivity contribution >= 4 is 11.1 Å². The molecule has 0 unspecified atom stereocenters. The molecule has 3 heterocycles. The minimum Gasteiger partial charge on any atom is -0.439 e. The van der Waals surface area contributed by atoms with Gasteiger partial charge in [-0.15, -0.1) is 0 Å². The molecule has 0 radical (unpaired) electrons. The average molecular weight is 304 g/mol. The van der Waals surface area contributed by atoms with Gasteiger partial charge in [0.05, 0.1) is 6.54 Å². The highest BCUT2D eigenvalue weighted by atomic mass is 19.1. The van der Waals surface area contributed by atoms with Gasteiger partial charge in [0.2, 0.25) is 5.89 Å². The molecule has 2 aliphatic heterocycles. The standard InChI is InChI=1S/C17H21FN2O2/c18-13-1-2-14-15(11-13)22-16(19-14)12-20-7-3-17(4-8-20)5-9-21-10-6-17/h1-2,11H,3-10,12H2. The van der Waals surface area contributed by atoms with Crippen LogP contribution >= 0.6 is 0 Å². The van der Waals surface area contributed by atoms with Gasteiger partial charge < -0.3 is 9.15 Å². The molecule has 22 heavy (non-hydrogen) atoms. The van der Waals surface area contributed by atoms with E-state index in [-0.39, 0.29) is 5.82 Å². The second kappa shape index (κ2) is 5.63. The van der Waals surface area contributed by atoms with E-state index in [0.29, 0.717) is 23.4 Å². The zero-order valence-corrected chi connectivity index (χ0v) is 12.7. The Morgan fingerprint density at radius 2 is 1.91 bits per heavy atom. The minimum absolute atomic E-state index is 0.283. The van der Waals surface area contributed by atoms with Crippen LogP contribution in [0.1, 0.15) is 31.6 Å². The quantitative estimate of drug-likeness (QED) is 0.853. The Kier molecular flexibility index (Phi) is 3.62. The molecular weight excluding hydrogens is 283 g/mol. The van der Waals surface area contributed by atoms with E-state index in [0.717, 1.165) is 31.8 Å². The van der Waals surface area contributed by atoms with E-state index in [2.05, 4.69) is 9.88 Å². The van der Waals surface area contributed by atoms with Gasteiger partial charge in [0.1, 0.15) is 11.3 Å². The van der Waals surface area contributed by atoms with E-state index >= 15 is 0 Å². The topological polar surface area (TPSA) is 38.5 Å². The third-order valence-corrected chi connectivity index (χ3v) is 5.22. The molecule has 1 aromatic heterocycles. The summed E-state index contributed by atoms with van der Waals surface area (Å²) in [5.74, 6) is 0.401. The van der Waals surface area contributed by atoms with E-state index in [4.69, 9.17) is 9.15 Å². The summed E-state index contributed by atoms with van der Waals surface area (Å²) >= 11 is 0. The molecule has 0 atom stereocenters. The van der Waals surface area contributed by atoms with Crippen molar-refractivity contribution in [3.63, 3.8) is 0 Å². The lowest BCUT2D eigenvalue weighted by molar-refractivity contribution is -0.0228. The lowest BCUT2D eigenvalue weighted by atomic mass is 9.72. The van der Waals surface area contributed by atoms with Crippen molar-refractivity contribution in [1.29, 1.82) is 0 Å². The fourth-order valence-corrected chi connectivity index (χ4v) is 3.69. The van der Waals surface area contributed by atoms with Gasteiger partial charge in [0.25, 0.3) is 0 Å². The first-order chi connectivity index (χ1) is 10.7. The zero-order chi connectivity index (χ0) is 15.0. The molecule has 118 valence electrons. The van der Waals surface area contributed by atoms with E-state index in [9.17, 15) is 4.39 Å². The van der Waals surface area contributed by atoms with E-state index in [1.807, 2.05) is 0 Å². The molecule has 0 N–H and O–H groups in total. The van der Waals surface area contributed by atoms with Crippen LogP contribution in [0.25, 0.3) is 11.1 Å². The summed E-state index contributed by atoms with van der Waals surface area (Å²) in [6.45, 7) is 4.69. The SMILES string of the molecule is Fc1ccc2nc(CN3CCC4(CCOCC4)CC3)oc2c1. The van der Waals surface area contributed by atoms with Crippen LogP contribution in [-0.2, 0) is 11.3 Å². The Labute approximate surface area is 129 Å². The largest absolute Gasteiger partial charge is 0.439 e. The number of nitrogens with zero attached hydrogens (tertiary/aromatic N) is 2. The fourth-order valence-electron chi connectivity index (χ4n) is 3.69. The van der Waals surface area contributed by atoms with Crippen molar-refractivity contribution < 1.29 is 13.5 Å². The number of rotatable bonds is 2. The van der Waals surface area contributed by atoms with Gasteiger partial charge >= 0.3 is 0 Å². The molecule has 5 heteroatoms. The highest BCUT2D eigenvalue weighted by Crippen LogP contribution is 2.40. The maximum atomic E-state index is 13.2. The number of halogens is 1. The van der Waals surface area contributed by atoms with Crippen LogP contribution < -0.4 is 0 Å². The van der Waals surface area contributed by atoms with E-state index < -0.39 is 0 Å². The maximum absolute atomic E-state index is 13.2. The number of oxazole rings is 1. The van der Waals surface area contributed by atoms with Crippen LogP contribution in [0.2, 0.25) is 0 Å². The van der Waals surface area contributed by atoms with Crippen molar-refractivity contribution in [3.8, 4) is 0 Å². The molecule has 0 amide bonds. The molecule has 0 bridgehead atoms. The normalized spacial score (nSPS) is 22.4. The first-order valence-electron chi connectivity index (χ1n) is 8.08. The molecule has 2 aromatic rings. The van der Waals surface area contributed by atoms with Crippen LogP contribution in [0.3, 0.4) is 0 Å². The van der Waals surface area contributed by atoms with Gasteiger partial charge in [-0.3, -0.25) is 4.90 Å². The summed E-state index contributed by atoms with van der Waals surface area (Å²) in [4.78, 5) is 6.85. The number of benzene rings is 1. The first-order valence-corrected chi connectivity index (χ1v) is 8.08. The van der Waals surface area contributed by atoms with Crippen LogP contribution in [0, 0.1) is 11.2 Å². The summed E-state index contributed by atoms with van der Waals surface area (Å²) in [7, 11) is 0. The maximum Gasteiger partial charge on any atom is 0.209 e. The Hall–Kier alpha value is -1.46. The average Bonchev–Trinajstić information content (AvgIpc) is 2.92. The van der Waals surface area contributed by atoms with Gasteiger partial charge in [-0.05, 0) is 56.3 Å². The number of ether oxygens (including phenoxy) is 1. The van der Waals surface area contributed by atoms with Crippen molar-refractivity contribution in [2.45, 2.75) is 32.2 Å². The number of likely N-dealkylation sites (tertiary alicyclic amines) is 1. The summed E-state index contributed by atoms with van der Waals surface area (Å²) < 4.78 is 24.4. The lowest BCUT2D eigenvalue weighted by Crippen LogP contribution is -2.42. The monoisotopic (exact) mass is 304 g/mol. The zero-order valence-electron chi connectivity index (χ0n) is 12.7. The molecule has 4 nitrogen and oxygen atoms in total. The second-order valence-electron chi connectivity index (χ2n) is 6.61. The number of aromatic nitrogens is 1. The van der Waals surface area contributed by atoms with Crippen LogP contribution in [0.4, 0.5) is 4.39 Å². The van der Waals surface area contributed by atoms with E-state index in [1.54, 1.807) is 6.07 Å². The van der Waals surface area contributed by atoms with Gasteiger partial charge in [-0.25, -0.2) is 9.37 Å². The van der Waals surface area contributed by atoms with Crippen LogP contribution in [0.15, 0.2) is 22.6 Å². The molecule has 2 aliphatic rings. The molecule has 4 rings (SSSR count). The molecular formula is C17H21FN2O2. The lowest BCUT2D eigenvalue weighted by Gasteiger charge is -2.43. The van der Waals surface area contributed by atoms with Gasteiger partial charge in [-0.2, -0.15) is 0 Å². The Balaban J connectivity index is 1.41. The number of hydrogen-bond donors (Lipinski definition) is 0. The van der Waals surface area contributed by atoms with Gasteiger partial charge in [0.15, 0.2) is 5.58 Å². The number of fused-ring (bicyclic) bond motifs is 1. The molecule has 2 saturated heterocycles. The Morgan fingerprint density at radius 1 is 1.14 bits per heavy atom. The molecule has 0 saturated carbocycles. The fraction of sp³-hybridized carbons (Fsp3) is 0.588. The second-order valence-corrected chi connectivity index (χ2v) is 6.61. The highest BCUT2D eigenvalue weighted by molar-refractivity contribution is 5.72. The van der Waals surface area contributed by atoms with Crippen molar-refractivity contribution in [2.75, 3.05) is 26.3 Å². The third-order valence-electron chi connectivity index (χ3n) is 5.22. The predicted octanol–water partition coefficient (Wildman–Crippen LogP) is 3.36. The molecule has 1 spiro atoms. The van der Waals surface area contributed by atoms with Crippen molar-refractivity contribution in [2.24, 2.45) is 5.41 Å². The van der Waals surface area contributed by atoms with Crippen LogP contribution in [0.5, 0.6) is 0 Å². The number of piperidine rings is 1. The predicted molar refractivity (Wildman–Crippen MR) is 81.0 cm³/mol. The molecule has 2 fully saturated rings. The number of hydrogen-bond acceptors (Lipinski definition) is 4. The summed E-state index contributed by atoms with van der Waals surface area (Å²) in [6.07, 6.45) is 4.85. The van der Waals surface area contributed by atoms with Gasteiger partial charge in [-0.1, -0.05) is 0 Å². The van der Waals surface area contributed by atoms with E-state index in [1.165, 1.54) is 37.8 Å². The smallest absolute Gasteiger partial charge is 0.209 e. The highest BCUT2D eigenvalue weighted by Gasteiger charge is 2.36. The summed E-state index contributed by atoms with van der Waals surface area (Å²) in [5.41, 5.74) is 1.77. The first kappa shape index (κ1) is 14.2. The summed E-state index contributed by atoms with van der Waals surface area (Å²) in [6, 6.07) is 4.49. The Morgan fingerprint density at radius 3 is 2.68 bits per heavy atom. The summed E-state index contributed by atoms with van der Waals surface area (Å²) in [5, 5.41) is 0. The van der Waals surface area contributed by atoms with Crippen LogP contribution in [-0.4, -0.2) is 36.2 Å². The van der Waals surface area contributed by atoms with Gasteiger partial charge in [0, 0.05) is 19.3 Å².